The molecule has 0 fully saturated rings. The first-order valence-corrected chi connectivity index (χ1v) is 7.06. The molecule has 11 heavy (non-hydrogen) atoms. The average Bonchev–Trinajstić information content (AvgIpc) is 2.27. The van der Waals surface area contributed by atoms with Crippen LogP contribution in [0.25, 0.3) is 0 Å². The average molecular weight is 222 g/mol. The van der Waals surface area contributed by atoms with E-state index in [9.17, 15) is 4.79 Å². The normalized spacial score (nSPS) is 23.2. The van der Waals surface area contributed by atoms with Gasteiger partial charge in [0.25, 0.3) is 4.06 Å². The number of hydrogen-bond acceptors (Lipinski definition) is 5. The summed E-state index contributed by atoms with van der Waals surface area (Å²) in [7, 11) is 3.63. The van der Waals surface area contributed by atoms with Crippen LogP contribution in [-0.4, -0.2) is 5.25 Å². The van der Waals surface area contributed by atoms with Gasteiger partial charge in [0.05, 0.1) is 4.21 Å². The van der Waals surface area contributed by atoms with Gasteiger partial charge in [-0.25, -0.2) is 0 Å². The number of rotatable bonds is 0. The second-order valence-corrected chi connectivity index (χ2v) is 7.58. The molecule has 60 valence electrons. The largest absolute Gasteiger partial charge is 0.288 e. The van der Waals surface area contributed by atoms with Crippen LogP contribution < -0.4 is 4.06 Å². The number of hydrogen-bond donors (Lipinski definition) is 0. The van der Waals surface area contributed by atoms with E-state index >= 15 is 0 Å². The van der Waals surface area contributed by atoms with E-state index in [1.807, 2.05) is 10.8 Å². The summed E-state index contributed by atoms with van der Waals surface area (Å²) in [6.45, 7) is 2.20. The highest BCUT2D eigenvalue weighted by molar-refractivity contribution is 8.77. The molecule has 1 aromatic heterocycles. The first-order chi connectivity index (χ1) is 5.25. The van der Waals surface area contributed by atoms with Crippen LogP contribution in [0.1, 0.15) is 11.8 Å². The van der Waals surface area contributed by atoms with Crippen LogP contribution in [0.2, 0.25) is 0 Å². The third-order valence-electron chi connectivity index (χ3n) is 1.37. The molecule has 0 aliphatic carbocycles. The molecule has 0 radical (unpaired) electrons. The van der Waals surface area contributed by atoms with Crippen LogP contribution in [0.15, 0.2) is 9.00 Å². The van der Waals surface area contributed by atoms with E-state index in [0.29, 0.717) is 5.25 Å². The first-order valence-electron chi connectivity index (χ1n) is 3.22. The van der Waals surface area contributed by atoms with E-state index in [0.717, 1.165) is 6.42 Å². The predicted molar refractivity (Wildman–Crippen MR) is 55.1 cm³/mol. The van der Waals surface area contributed by atoms with E-state index in [4.69, 9.17) is 0 Å². The van der Waals surface area contributed by atoms with Crippen LogP contribution >= 0.6 is 44.3 Å². The molecule has 0 amide bonds. The molecule has 1 aromatic rings. The Bertz CT molecular complexity index is 313. The van der Waals surface area contributed by atoms with Gasteiger partial charge in [0.2, 0.25) is 0 Å². The number of fused-ring (bicyclic) bond motifs is 1. The maximum atomic E-state index is 11.0. The predicted octanol–water partition coefficient (Wildman–Crippen LogP) is 2.85. The van der Waals surface area contributed by atoms with Crippen molar-refractivity contribution in [2.75, 3.05) is 0 Å². The van der Waals surface area contributed by atoms with Crippen molar-refractivity contribution >= 4 is 44.3 Å². The van der Waals surface area contributed by atoms with E-state index in [-0.39, 0.29) is 4.06 Å². The van der Waals surface area contributed by atoms with Gasteiger partial charge in [0.15, 0.2) is 0 Å². The molecule has 0 aromatic carbocycles. The molecule has 0 spiro atoms. The maximum absolute atomic E-state index is 11.0. The Balaban J connectivity index is 2.41. The minimum absolute atomic E-state index is 0.247. The van der Waals surface area contributed by atoms with Gasteiger partial charge in [-0.2, -0.15) is 0 Å². The molecule has 1 atom stereocenters. The molecule has 2 rings (SSSR count). The molecule has 1 unspecified atom stereocenters. The fourth-order valence-electron chi connectivity index (χ4n) is 0.905. The zero-order chi connectivity index (χ0) is 7.84. The Morgan fingerprint density at radius 2 is 2.27 bits per heavy atom. The lowest BCUT2D eigenvalue weighted by atomic mass is 10.3. The molecule has 0 saturated heterocycles. The smallest absolute Gasteiger partial charge is 0.265 e. The molecule has 1 aliphatic heterocycles. The van der Waals surface area contributed by atoms with Crippen molar-refractivity contribution in [1.82, 2.24) is 0 Å². The zero-order valence-electron chi connectivity index (χ0n) is 5.83. The fraction of sp³-hybridized carbons (Fsp3) is 0.500. The van der Waals surface area contributed by atoms with E-state index in [1.54, 1.807) is 10.8 Å². The summed E-state index contributed by atoms with van der Waals surface area (Å²) in [6, 6.07) is 0. The van der Waals surface area contributed by atoms with Gasteiger partial charge in [-0.1, -0.05) is 40.4 Å². The van der Waals surface area contributed by atoms with Crippen LogP contribution in [0, 0.1) is 0 Å². The summed E-state index contributed by atoms with van der Waals surface area (Å²) in [5.41, 5.74) is 0. The highest BCUT2D eigenvalue weighted by atomic mass is 33.1. The van der Waals surface area contributed by atoms with E-state index in [2.05, 4.69) is 6.92 Å². The monoisotopic (exact) mass is 222 g/mol. The Labute approximate surface area is 80.6 Å². The summed E-state index contributed by atoms with van der Waals surface area (Å²) in [4.78, 5) is 12.3. The molecular weight excluding hydrogens is 216 g/mol. The van der Waals surface area contributed by atoms with Crippen molar-refractivity contribution in [1.29, 1.82) is 0 Å². The van der Waals surface area contributed by atoms with E-state index in [1.165, 1.54) is 31.8 Å². The molecule has 0 N–H and O–H groups in total. The Morgan fingerprint density at radius 1 is 1.45 bits per heavy atom. The fourth-order valence-corrected chi connectivity index (χ4v) is 6.46. The summed E-state index contributed by atoms with van der Waals surface area (Å²) < 4.78 is 1.49. The van der Waals surface area contributed by atoms with Crippen LogP contribution in [0.4, 0.5) is 0 Å². The molecule has 0 bridgehead atoms. The summed E-state index contributed by atoms with van der Waals surface area (Å²) in [6.07, 6.45) is 1.08. The quantitative estimate of drug-likeness (QED) is 0.628. The van der Waals surface area contributed by atoms with Gasteiger partial charge in [-0.3, -0.25) is 4.79 Å². The minimum Gasteiger partial charge on any atom is -0.265 e. The molecule has 2 heterocycles. The first kappa shape index (κ1) is 8.16. The Morgan fingerprint density at radius 3 is 3.09 bits per heavy atom. The Kier molecular flexibility index (Phi) is 2.32. The standard InChI is InChI=1S/C6H6OS4/c1-3-2-4-5(11-10-3)9-6(7)8-4/h3H,2H2,1H3. The topological polar surface area (TPSA) is 17.1 Å². The SMILES string of the molecule is CC1Cc2sc(=O)sc2SS1. The third kappa shape index (κ3) is 1.66. The van der Waals surface area contributed by atoms with Crippen LogP contribution in [0.5, 0.6) is 0 Å². The minimum atomic E-state index is 0.247. The summed E-state index contributed by atoms with van der Waals surface area (Å²) in [5.74, 6) is 0. The summed E-state index contributed by atoms with van der Waals surface area (Å²) in [5, 5.41) is 0.665. The summed E-state index contributed by atoms with van der Waals surface area (Å²) >= 11 is 2.82. The lowest BCUT2D eigenvalue weighted by Crippen LogP contribution is -2.01. The molecular formula is C6H6OS4. The van der Waals surface area contributed by atoms with Gasteiger partial charge in [-0.15, -0.1) is 0 Å². The van der Waals surface area contributed by atoms with Crippen molar-refractivity contribution < 1.29 is 0 Å². The van der Waals surface area contributed by atoms with Crippen molar-refractivity contribution in [3.63, 3.8) is 0 Å². The van der Waals surface area contributed by atoms with Gasteiger partial charge in [0.1, 0.15) is 0 Å². The van der Waals surface area contributed by atoms with Crippen molar-refractivity contribution in [3.05, 3.63) is 13.7 Å². The zero-order valence-corrected chi connectivity index (χ0v) is 9.09. The van der Waals surface area contributed by atoms with Crippen molar-refractivity contribution in [3.8, 4) is 0 Å². The highest BCUT2D eigenvalue weighted by Gasteiger charge is 2.19. The molecule has 5 heteroatoms. The van der Waals surface area contributed by atoms with Gasteiger partial charge >= 0.3 is 0 Å². The third-order valence-corrected chi connectivity index (χ3v) is 7.09. The maximum Gasteiger partial charge on any atom is 0.288 e. The van der Waals surface area contributed by atoms with Crippen LogP contribution in [-0.2, 0) is 6.42 Å². The second kappa shape index (κ2) is 3.12. The van der Waals surface area contributed by atoms with Crippen LogP contribution in [0.3, 0.4) is 0 Å². The van der Waals surface area contributed by atoms with Crippen molar-refractivity contribution in [2.45, 2.75) is 22.8 Å². The molecule has 1 nitrogen and oxygen atoms in total. The molecule has 1 aliphatic rings. The Hall–Kier alpha value is 0.550. The van der Waals surface area contributed by atoms with Gasteiger partial charge in [0, 0.05) is 10.1 Å². The second-order valence-electron chi connectivity index (χ2n) is 2.36. The lowest BCUT2D eigenvalue weighted by molar-refractivity contribution is 0.952. The molecule has 0 saturated carbocycles. The van der Waals surface area contributed by atoms with Gasteiger partial charge < -0.3 is 0 Å². The lowest BCUT2D eigenvalue weighted by Gasteiger charge is -2.14. The van der Waals surface area contributed by atoms with E-state index < -0.39 is 0 Å². The highest BCUT2D eigenvalue weighted by Crippen LogP contribution is 2.45. The van der Waals surface area contributed by atoms with Crippen molar-refractivity contribution in [2.24, 2.45) is 0 Å². The van der Waals surface area contributed by atoms with Gasteiger partial charge in [-0.05, 0) is 17.2 Å².